The Morgan fingerprint density at radius 1 is 1.04 bits per heavy atom. The summed E-state index contributed by atoms with van der Waals surface area (Å²) in [6, 6.07) is 13.8. The summed E-state index contributed by atoms with van der Waals surface area (Å²) >= 11 is 6.45. The van der Waals surface area contributed by atoms with Crippen molar-refractivity contribution in [3.05, 3.63) is 58.6 Å². The van der Waals surface area contributed by atoms with Gasteiger partial charge in [0.15, 0.2) is 11.5 Å². The molecule has 0 spiro atoms. The minimum absolute atomic E-state index is 0.481. The van der Waals surface area contributed by atoms with E-state index in [-0.39, 0.29) is 0 Å². The highest BCUT2D eigenvalue weighted by Gasteiger charge is 2.11. The highest BCUT2D eigenvalue weighted by atomic mass is 35.5. The molecule has 2 aromatic carbocycles. The Kier molecular flexibility index (Phi) is 8.75. The van der Waals surface area contributed by atoms with Gasteiger partial charge in [0.1, 0.15) is 6.61 Å². The zero-order valence-corrected chi connectivity index (χ0v) is 16.7. The number of methoxy groups -OCH3 is 1. The smallest absolute Gasteiger partial charge is 0.163 e. The molecule has 0 aliphatic carbocycles. The summed E-state index contributed by atoms with van der Waals surface area (Å²) in [6.07, 6.45) is 0. The van der Waals surface area contributed by atoms with Gasteiger partial charge in [0.25, 0.3) is 0 Å². The maximum absolute atomic E-state index is 6.45. The van der Waals surface area contributed by atoms with E-state index < -0.39 is 0 Å². The van der Waals surface area contributed by atoms with E-state index in [1.807, 2.05) is 42.5 Å². The number of hydrogen-bond donors (Lipinski definition) is 1. The molecule has 0 radical (unpaired) electrons. The minimum atomic E-state index is 0.481. The Hall–Kier alpha value is -1.75. The van der Waals surface area contributed by atoms with Gasteiger partial charge in [-0.05, 0) is 30.3 Å². The van der Waals surface area contributed by atoms with Gasteiger partial charge in [-0.15, -0.1) is 0 Å². The first-order chi connectivity index (χ1) is 12.7. The van der Waals surface area contributed by atoms with Crippen molar-refractivity contribution in [2.24, 2.45) is 0 Å². The molecule has 0 atom stereocenters. The van der Waals surface area contributed by atoms with E-state index >= 15 is 0 Å². The molecule has 0 unspecified atom stereocenters. The van der Waals surface area contributed by atoms with E-state index in [2.05, 4.69) is 24.1 Å². The van der Waals surface area contributed by atoms with Crippen LogP contribution in [0.3, 0.4) is 0 Å². The lowest BCUT2D eigenvalue weighted by molar-refractivity contribution is 0.284. The Bertz CT molecular complexity index is 661. The summed E-state index contributed by atoms with van der Waals surface area (Å²) in [5.41, 5.74) is 2.11. The monoisotopic (exact) mass is 376 g/mol. The molecule has 2 aromatic rings. The van der Waals surface area contributed by atoms with E-state index in [9.17, 15) is 0 Å². The number of nitrogens with one attached hydrogen (secondary N) is 1. The predicted molar refractivity (Wildman–Crippen MR) is 108 cm³/mol. The van der Waals surface area contributed by atoms with Gasteiger partial charge in [0.2, 0.25) is 0 Å². The maximum atomic E-state index is 6.45. The number of rotatable bonds is 11. The van der Waals surface area contributed by atoms with Crippen LogP contribution in [0.2, 0.25) is 5.02 Å². The van der Waals surface area contributed by atoms with Crippen LogP contribution in [0.4, 0.5) is 0 Å². The molecule has 142 valence electrons. The molecule has 0 fully saturated rings. The summed E-state index contributed by atoms with van der Waals surface area (Å²) in [7, 11) is 1.65. The van der Waals surface area contributed by atoms with E-state index in [1.54, 1.807) is 7.11 Å². The van der Waals surface area contributed by atoms with Crippen LogP contribution in [0.25, 0.3) is 0 Å². The summed E-state index contributed by atoms with van der Waals surface area (Å²) in [4.78, 5) is 2.38. The summed E-state index contributed by atoms with van der Waals surface area (Å²) < 4.78 is 11.4. The van der Waals surface area contributed by atoms with Crippen LogP contribution in [-0.2, 0) is 13.2 Å². The Balaban J connectivity index is 1.95. The van der Waals surface area contributed by atoms with Gasteiger partial charge < -0.3 is 19.7 Å². The molecule has 1 N–H and O–H groups in total. The molecule has 4 nitrogen and oxygen atoms in total. The van der Waals surface area contributed by atoms with Crippen LogP contribution < -0.4 is 14.8 Å². The van der Waals surface area contributed by atoms with E-state index in [1.165, 1.54) is 0 Å². The van der Waals surface area contributed by atoms with Crippen LogP contribution >= 0.6 is 11.6 Å². The third kappa shape index (κ3) is 6.20. The molecule has 0 aliphatic rings. The number of ether oxygens (including phenoxy) is 2. The molecule has 5 heteroatoms. The van der Waals surface area contributed by atoms with Crippen LogP contribution in [-0.4, -0.2) is 38.2 Å². The highest BCUT2D eigenvalue weighted by molar-refractivity contribution is 6.31. The molecule has 0 aliphatic heterocycles. The molecule has 0 heterocycles. The predicted octanol–water partition coefficient (Wildman–Crippen LogP) is 4.36. The lowest BCUT2D eigenvalue weighted by Crippen LogP contribution is -2.31. The van der Waals surface area contributed by atoms with Gasteiger partial charge in [0.05, 0.1) is 7.11 Å². The van der Waals surface area contributed by atoms with Gasteiger partial charge in [-0.25, -0.2) is 0 Å². The highest BCUT2D eigenvalue weighted by Crippen LogP contribution is 2.33. The quantitative estimate of drug-likeness (QED) is 0.591. The fourth-order valence-corrected chi connectivity index (χ4v) is 2.94. The number of likely N-dealkylation sites (N-methyl/N-ethyl adjacent to an activating group) is 1. The minimum Gasteiger partial charge on any atom is -0.493 e. The summed E-state index contributed by atoms with van der Waals surface area (Å²) in [5.74, 6) is 1.36. The van der Waals surface area contributed by atoms with Crippen LogP contribution in [0.15, 0.2) is 42.5 Å². The first-order valence-corrected chi connectivity index (χ1v) is 9.51. The lowest BCUT2D eigenvalue weighted by Gasteiger charge is -2.18. The van der Waals surface area contributed by atoms with Crippen molar-refractivity contribution in [3.63, 3.8) is 0 Å². The first kappa shape index (κ1) is 20.6. The molecule has 0 saturated carbocycles. The molecule has 26 heavy (non-hydrogen) atoms. The number of nitrogens with zero attached hydrogens (tertiary/aromatic N) is 1. The van der Waals surface area contributed by atoms with E-state index in [0.29, 0.717) is 29.7 Å². The van der Waals surface area contributed by atoms with Crippen molar-refractivity contribution in [1.29, 1.82) is 0 Å². The maximum Gasteiger partial charge on any atom is 0.163 e. The van der Waals surface area contributed by atoms with Crippen LogP contribution in [0.1, 0.15) is 25.0 Å². The van der Waals surface area contributed by atoms with Gasteiger partial charge in [-0.2, -0.15) is 0 Å². The third-order valence-electron chi connectivity index (χ3n) is 4.38. The van der Waals surface area contributed by atoms with E-state index in [0.717, 1.165) is 37.3 Å². The summed E-state index contributed by atoms with van der Waals surface area (Å²) in [5, 5.41) is 4.13. The first-order valence-electron chi connectivity index (χ1n) is 9.14. The second kappa shape index (κ2) is 11.1. The normalized spacial score (nSPS) is 11.0. The molecule has 0 aromatic heterocycles. The van der Waals surface area contributed by atoms with Gasteiger partial charge in [0, 0.05) is 30.7 Å². The van der Waals surface area contributed by atoms with Crippen LogP contribution in [0, 0.1) is 0 Å². The SMILES string of the molecule is CCN(CC)CCNCc1cc(OC)c(OCc2ccccc2)cc1Cl. The lowest BCUT2D eigenvalue weighted by atomic mass is 10.2. The van der Waals surface area contributed by atoms with Gasteiger partial charge in [-0.1, -0.05) is 55.8 Å². The van der Waals surface area contributed by atoms with Crippen molar-refractivity contribution in [2.45, 2.75) is 27.0 Å². The molecule has 0 bridgehead atoms. The van der Waals surface area contributed by atoms with Crippen molar-refractivity contribution in [1.82, 2.24) is 10.2 Å². The zero-order valence-electron chi connectivity index (χ0n) is 15.9. The van der Waals surface area contributed by atoms with Gasteiger partial charge >= 0.3 is 0 Å². The Morgan fingerprint density at radius 3 is 2.42 bits per heavy atom. The molecule has 2 rings (SSSR count). The van der Waals surface area contributed by atoms with E-state index in [4.69, 9.17) is 21.1 Å². The molecular weight excluding hydrogens is 348 g/mol. The van der Waals surface area contributed by atoms with Gasteiger partial charge in [-0.3, -0.25) is 0 Å². The Morgan fingerprint density at radius 2 is 1.77 bits per heavy atom. The molecular formula is C21H29ClN2O2. The number of halogens is 1. The van der Waals surface area contributed by atoms with Crippen molar-refractivity contribution < 1.29 is 9.47 Å². The zero-order chi connectivity index (χ0) is 18.8. The number of hydrogen-bond acceptors (Lipinski definition) is 4. The Labute approximate surface area is 162 Å². The topological polar surface area (TPSA) is 33.7 Å². The summed E-state index contributed by atoms with van der Waals surface area (Å²) in [6.45, 7) is 9.64. The fraction of sp³-hybridized carbons (Fsp3) is 0.429. The molecule has 0 amide bonds. The van der Waals surface area contributed by atoms with Crippen molar-refractivity contribution in [2.75, 3.05) is 33.3 Å². The van der Waals surface area contributed by atoms with Crippen molar-refractivity contribution >= 4 is 11.6 Å². The molecule has 0 saturated heterocycles. The standard InChI is InChI=1S/C21H29ClN2O2/c1-4-24(5-2)12-11-23-15-18-13-20(25-3)21(14-19(18)22)26-16-17-9-7-6-8-10-17/h6-10,13-14,23H,4-5,11-12,15-16H2,1-3H3. The second-order valence-corrected chi connectivity index (χ2v) is 6.48. The average Bonchev–Trinajstić information content (AvgIpc) is 2.68. The fourth-order valence-electron chi connectivity index (χ4n) is 2.72. The third-order valence-corrected chi connectivity index (χ3v) is 4.74. The largest absolute Gasteiger partial charge is 0.493 e. The average molecular weight is 377 g/mol. The van der Waals surface area contributed by atoms with Crippen LogP contribution in [0.5, 0.6) is 11.5 Å². The van der Waals surface area contributed by atoms with Crippen molar-refractivity contribution in [3.8, 4) is 11.5 Å². The second-order valence-electron chi connectivity index (χ2n) is 6.07. The number of benzene rings is 2.